The Morgan fingerprint density at radius 3 is 2.66 bits per heavy atom. The van der Waals surface area contributed by atoms with E-state index in [-0.39, 0.29) is 17.7 Å². The fourth-order valence-corrected chi connectivity index (χ4v) is 4.40. The number of nitrogens with zero attached hydrogens (tertiary/aromatic N) is 3. The summed E-state index contributed by atoms with van der Waals surface area (Å²) in [6.07, 6.45) is 1.22. The molecule has 1 aliphatic rings. The lowest BCUT2D eigenvalue weighted by Gasteiger charge is -2.30. The van der Waals surface area contributed by atoms with Crippen LogP contribution in [0.5, 0.6) is 0 Å². The molecule has 3 heterocycles. The maximum Gasteiger partial charge on any atom is 0.253 e. The lowest BCUT2D eigenvalue weighted by Crippen LogP contribution is -2.41. The first-order valence-corrected chi connectivity index (χ1v) is 9.95. The van der Waals surface area contributed by atoms with E-state index in [1.54, 1.807) is 4.90 Å². The highest BCUT2D eigenvalue weighted by molar-refractivity contribution is 7.71. The van der Waals surface area contributed by atoms with Crippen molar-refractivity contribution in [3.8, 4) is 0 Å². The van der Waals surface area contributed by atoms with Gasteiger partial charge < -0.3 is 15.6 Å². The summed E-state index contributed by atoms with van der Waals surface area (Å²) in [4.78, 5) is 34.0. The van der Waals surface area contributed by atoms with Gasteiger partial charge in [0, 0.05) is 30.0 Å². The predicted molar refractivity (Wildman–Crippen MR) is 113 cm³/mol. The molecule has 0 spiro atoms. The van der Waals surface area contributed by atoms with Crippen molar-refractivity contribution in [3.05, 3.63) is 52.8 Å². The topological polar surface area (TPSA) is 96.5 Å². The molecule has 2 aromatic carbocycles. The minimum atomic E-state index is -0.286. The third-order valence-electron chi connectivity index (χ3n) is 5.70. The highest BCUT2D eigenvalue weighted by atomic mass is 32.1. The van der Waals surface area contributed by atoms with Gasteiger partial charge in [-0.1, -0.05) is 12.1 Å². The quantitative estimate of drug-likeness (QED) is 0.501. The third kappa shape index (κ3) is 2.87. The average molecular weight is 405 g/mol. The molecule has 5 rings (SSSR count). The molecule has 0 saturated carbocycles. The number of carbonyl (C=O) groups is 2. The number of hydrogen-bond acceptors (Lipinski definition) is 4. The Morgan fingerprint density at radius 1 is 1.14 bits per heavy atom. The van der Waals surface area contributed by atoms with E-state index in [4.69, 9.17) is 22.9 Å². The Bertz CT molecular complexity index is 1350. The average Bonchev–Trinajstić information content (AvgIpc) is 3.13. The Kier molecular flexibility index (Phi) is 4.09. The van der Waals surface area contributed by atoms with Crippen LogP contribution < -0.4 is 5.73 Å². The van der Waals surface area contributed by atoms with Crippen LogP contribution >= 0.6 is 12.2 Å². The SMILES string of the molecule is NC(=O)C1CCN(C(=O)c2ccc3c(c2)[nH]c(=S)n2c4ccccc4nc32)CC1. The summed E-state index contributed by atoms with van der Waals surface area (Å²) in [5, 5.41) is 0.902. The van der Waals surface area contributed by atoms with Gasteiger partial charge in [-0.3, -0.25) is 14.0 Å². The Morgan fingerprint density at radius 2 is 1.90 bits per heavy atom. The lowest BCUT2D eigenvalue weighted by atomic mass is 9.96. The van der Waals surface area contributed by atoms with E-state index in [0.717, 1.165) is 27.6 Å². The van der Waals surface area contributed by atoms with Crippen LogP contribution in [0.1, 0.15) is 23.2 Å². The van der Waals surface area contributed by atoms with Crippen molar-refractivity contribution < 1.29 is 9.59 Å². The Balaban J connectivity index is 1.55. The second-order valence-corrected chi connectivity index (χ2v) is 7.81. The van der Waals surface area contributed by atoms with E-state index in [1.807, 2.05) is 46.9 Å². The van der Waals surface area contributed by atoms with Crippen molar-refractivity contribution in [2.24, 2.45) is 11.7 Å². The van der Waals surface area contributed by atoms with Crippen LogP contribution in [-0.2, 0) is 4.79 Å². The summed E-state index contributed by atoms with van der Waals surface area (Å²) in [6.45, 7) is 1.07. The number of carbonyl (C=O) groups excluding carboxylic acids is 2. The number of rotatable bonds is 2. The number of H-pyrrole nitrogens is 1. The number of likely N-dealkylation sites (tertiary alicyclic amines) is 1. The molecule has 7 nitrogen and oxygen atoms in total. The van der Waals surface area contributed by atoms with E-state index >= 15 is 0 Å². The summed E-state index contributed by atoms with van der Waals surface area (Å²) in [5.74, 6) is -0.483. The van der Waals surface area contributed by atoms with Gasteiger partial charge in [0.15, 0.2) is 4.77 Å². The van der Waals surface area contributed by atoms with E-state index in [2.05, 4.69) is 4.98 Å². The van der Waals surface area contributed by atoms with Gasteiger partial charge >= 0.3 is 0 Å². The van der Waals surface area contributed by atoms with Crippen molar-refractivity contribution in [2.45, 2.75) is 12.8 Å². The molecule has 3 N–H and O–H groups in total. The molecule has 29 heavy (non-hydrogen) atoms. The van der Waals surface area contributed by atoms with Gasteiger partial charge in [-0.15, -0.1) is 0 Å². The normalized spacial score (nSPS) is 15.4. The molecule has 4 aromatic rings. The van der Waals surface area contributed by atoms with Gasteiger partial charge in [0.25, 0.3) is 5.91 Å². The fourth-order valence-electron chi connectivity index (χ4n) is 4.11. The van der Waals surface area contributed by atoms with Gasteiger partial charge in [0.1, 0.15) is 5.65 Å². The maximum atomic E-state index is 13.0. The molecule has 2 amide bonds. The van der Waals surface area contributed by atoms with E-state index in [9.17, 15) is 9.59 Å². The molecular weight excluding hydrogens is 386 g/mol. The predicted octanol–water partition coefficient (Wildman–Crippen LogP) is 3.04. The Labute approximate surface area is 171 Å². The third-order valence-corrected chi connectivity index (χ3v) is 5.98. The summed E-state index contributed by atoms with van der Waals surface area (Å²) >= 11 is 5.56. The number of nitrogens with one attached hydrogen (secondary N) is 1. The van der Waals surface area contributed by atoms with Crippen LogP contribution in [0.15, 0.2) is 42.5 Å². The van der Waals surface area contributed by atoms with Crippen molar-refractivity contribution in [3.63, 3.8) is 0 Å². The lowest BCUT2D eigenvalue weighted by molar-refractivity contribution is -0.123. The molecule has 1 saturated heterocycles. The van der Waals surface area contributed by atoms with Gasteiger partial charge in [-0.05, 0) is 55.4 Å². The standard InChI is InChI=1S/C21H19N5O2S/c22-18(27)12-7-9-25(10-8-12)20(28)13-5-6-14-16(11-13)24-21(29)26-17-4-2-1-3-15(17)23-19(14)26/h1-6,11-12H,7-10H2,(H2,22,27)(H,24,29). The number of benzene rings is 2. The van der Waals surface area contributed by atoms with Gasteiger partial charge in [0.05, 0.1) is 16.6 Å². The van der Waals surface area contributed by atoms with Crippen molar-refractivity contribution in [2.75, 3.05) is 13.1 Å². The van der Waals surface area contributed by atoms with Crippen LogP contribution in [-0.4, -0.2) is 44.2 Å². The first kappa shape index (κ1) is 17.8. The van der Waals surface area contributed by atoms with Gasteiger partial charge in [-0.25, -0.2) is 4.98 Å². The minimum absolute atomic E-state index is 0.0532. The highest BCUT2D eigenvalue weighted by Crippen LogP contribution is 2.25. The number of amides is 2. The van der Waals surface area contributed by atoms with Crippen LogP contribution in [0.4, 0.5) is 0 Å². The number of nitrogens with two attached hydrogens (primary N) is 1. The van der Waals surface area contributed by atoms with E-state index < -0.39 is 0 Å². The molecule has 1 fully saturated rings. The zero-order chi connectivity index (χ0) is 20.1. The highest BCUT2D eigenvalue weighted by Gasteiger charge is 2.26. The minimum Gasteiger partial charge on any atom is -0.369 e. The number of hydrogen-bond donors (Lipinski definition) is 2. The van der Waals surface area contributed by atoms with Crippen LogP contribution in [0.25, 0.3) is 27.6 Å². The first-order valence-electron chi connectivity index (χ1n) is 9.55. The summed E-state index contributed by atoms with van der Waals surface area (Å²) in [5.41, 5.74) is 9.33. The summed E-state index contributed by atoms with van der Waals surface area (Å²) < 4.78 is 2.45. The number of piperidine rings is 1. The monoisotopic (exact) mass is 405 g/mol. The molecule has 0 radical (unpaired) electrons. The second kappa shape index (κ2) is 6.66. The number of primary amides is 1. The molecule has 2 aromatic heterocycles. The first-order chi connectivity index (χ1) is 14.0. The second-order valence-electron chi connectivity index (χ2n) is 7.42. The zero-order valence-electron chi connectivity index (χ0n) is 15.6. The van der Waals surface area contributed by atoms with Crippen molar-refractivity contribution >= 4 is 51.6 Å². The maximum absolute atomic E-state index is 13.0. The molecule has 1 aliphatic heterocycles. The number of imidazole rings is 1. The molecule has 0 unspecified atom stereocenters. The number of aromatic nitrogens is 3. The molecule has 0 atom stereocenters. The molecule has 0 aliphatic carbocycles. The van der Waals surface area contributed by atoms with Crippen LogP contribution in [0, 0.1) is 10.7 Å². The molecular formula is C21H19N5O2S. The zero-order valence-corrected chi connectivity index (χ0v) is 16.4. The van der Waals surface area contributed by atoms with Gasteiger partial charge in [-0.2, -0.15) is 0 Å². The molecule has 0 bridgehead atoms. The summed E-state index contributed by atoms with van der Waals surface area (Å²) in [7, 11) is 0. The van der Waals surface area contributed by atoms with E-state index in [0.29, 0.717) is 36.3 Å². The molecule has 146 valence electrons. The van der Waals surface area contributed by atoms with Gasteiger partial charge in [0.2, 0.25) is 5.91 Å². The number of para-hydroxylation sites is 2. The van der Waals surface area contributed by atoms with Crippen LogP contribution in [0.3, 0.4) is 0 Å². The Hall–Kier alpha value is -3.26. The van der Waals surface area contributed by atoms with Crippen LogP contribution in [0.2, 0.25) is 0 Å². The number of fused-ring (bicyclic) bond motifs is 5. The van der Waals surface area contributed by atoms with E-state index in [1.165, 1.54) is 0 Å². The smallest absolute Gasteiger partial charge is 0.253 e. The largest absolute Gasteiger partial charge is 0.369 e. The molecule has 8 heteroatoms. The fraction of sp³-hybridized carbons (Fsp3) is 0.238. The van der Waals surface area contributed by atoms with Crippen molar-refractivity contribution in [1.29, 1.82) is 0 Å². The van der Waals surface area contributed by atoms with Crippen molar-refractivity contribution in [1.82, 2.24) is 19.3 Å². The number of aromatic amines is 1. The summed E-state index contributed by atoms with van der Waals surface area (Å²) in [6, 6.07) is 13.4.